The summed E-state index contributed by atoms with van der Waals surface area (Å²) in [6.07, 6.45) is 1.72. The third kappa shape index (κ3) is 7.35. The van der Waals surface area contributed by atoms with E-state index in [9.17, 15) is 18.0 Å². The number of rotatable bonds is 10. The molecule has 0 bridgehead atoms. The van der Waals surface area contributed by atoms with Crippen molar-refractivity contribution in [1.29, 1.82) is 0 Å². The molecule has 0 aliphatic heterocycles. The second-order valence-corrected chi connectivity index (χ2v) is 11.0. The van der Waals surface area contributed by atoms with Crippen LogP contribution >= 0.6 is 23.2 Å². The SMILES string of the molecule is CC[C@@H](C)NC(=O)[C@H](C)N(Cc1cccc(C)c1)C(=O)CN(c1cccc(Cl)c1Cl)S(C)(=O)=O. The van der Waals surface area contributed by atoms with E-state index in [0.717, 1.165) is 28.1 Å². The van der Waals surface area contributed by atoms with Crippen molar-refractivity contribution < 1.29 is 18.0 Å². The van der Waals surface area contributed by atoms with E-state index in [1.54, 1.807) is 13.0 Å². The van der Waals surface area contributed by atoms with Crippen molar-refractivity contribution >= 4 is 50.7 Å². The van der Waals surface area contributed by atoms with Gasteiger partial charge in [0.05, 0.1) is 22.0 Å². The van der Waals surface area contributed by atoms with Crippen LogP contribution in [0.3, 0.4) is 0 Å². The average molecular weight is 529 g/mol. The Kier molecular flexibility index (Phi) is 9.79. The number of benzene rings is 2. The van der Waals surface area contributed by atoms with Crippen LogP contribution in [0.5, 0.6) is 0 Å². The van der Waals surface area contributed by atoms with Gasteiger partial charge in [0.1, 0.15) is 12.6 Å². The van der Waals surface area contributed by atoms with Crippen molar-refractivity contribution in [3.63, 3.8) is 0 Å². The molecule has 0 spiro atoms. The maximum absolute atomic E-state index is 13.5. The summed E-state index contributed by atoms with van der Waals surface area (Å²) in [6.45, 7) is 6.99. The number of hydrogen-bond donors (Lipinski definition) is 1. The first-order valence-electron chi connectivity index (χ1n) is 10.9. The Balaban J connectivity index is 2.43. The van der Waals surface area contributed by atoms with E-state index in [1.165, 1.54) is 17.0 Å². The zero-order chi connectivity index (χ0) is 25.6. The number of anilines is 1. The van der Waals surface area contributed by atoms with Crippen LogP contribution in [0.15, 0.2) is 42.5 Å². The highest BCUT2D eigenvalue weighted by atomic mass is 35.5. The van der Waals surface area contributed by atoms with Crippen molar-refractivity contribution in [3.05, 3.63) is 63.6 Å². The van der Waals surface area contributed by atoms with Gasteiger partial charge in [-0.2, -0.15) is 0 Å². The molecule has 10 heteroatoms. The lowest BCUT2D eigenvalue weighted by atomic mass is 10.1. The van der Waals surface area contributed by atoms with Crippen molar-refractivity contribution in [3.8, 4) is 0 Å². The van der Waals surface area contributed by atoms with Gasteiger partial charge in [0, 0.05) is 12.6 Å². The number of sulfonamides is 1. The van der Waals surface area contributed by atoms with Gasteiger partial charge < -0.3 is 10.2 Å². The fraction of sp³-hybridized carbons (Fsp3) is 0.417. The maximum atomic E-state index is 13.5. The number of aryl methyl sites for hydroxylation is 1. The minimum absolute atomic E-state index is 0.0233. The molecule has 0 aromatic heterocycles. The minimum atomic E-state index is -3.89. The molecule has 2 atom stereocenters. The predicted octanol–water partition coefficient (Wildman–Crippen LogP) is 4.40. The Morgan fingerprint density at radius 3 is 2.32 bits per heavy atom. The van der Waals surface area contributed by atoms with Crippen LogP contribution in [0.2, 0.25) is 10.0 Å². The van der Waals surface area contributed by atoms with Gasteiger partial charge >= 0.3 is 0 Å². The number of nitrogens with one attached hydrogen (secondary N) is 1. The van der Waals surface area contributed by atoms with Crippen molar-refractivity contribution in [2.75, 3.05) is 17.1 Å². The van der Waals surface area contributed by atoms with Crippen LogP contribution in [-0.2, 0) is 26.2 Å². The van der Waals surface area contributed by atoms with Gasteiger partial charge in [0.15, 0.2) is 0 Å². The number of hydrogen-bond acceptors (Lipinski definition) is 4. The van der Waals surface area contributed by atoms with Gasteiger partial charge in [-0.1, -0.05) is 66.0 Å². The highest BCUT2D eigenvalue weighted by molar-refractivity contribution is 7.92. The molecule has 2 rings (SSSR count). The molecule has 34 heavy (non-hydrogen) atoms. The van der Waals surface area contributed by atoms with Gasteiger partial charge in [-0.05, 0) is 44.9 Å². The monoisotopic (exact) mass is 527 g/mol. The summed E-state index contributed by atoms with van der Waals surface area (Å²) < 4.78 is 26.1. The largest absolute Gasteiger partial charge is 0.352 e. The van der Waals surface area contributed by atoms with Gasteiger partial charge in [-0.25, -0.2) is 8.42 Å². The molecule has 0 fully saturated rings. The van der Waals surface area contributed by atoms with Gasteiger partial charge in [-0.3, -0.25) is 13.9 Å². The topological polar surface area (TPSA) is 86.8 Å². The molecule has 2 aromatic rings. The first kappa shape index (κ1) is 28.0. The Labute approximate surface area is 212 Å². The van der Waals surface area contributed by atoms with Gasteiger partial charge in [0.25, 0.3) is 0 Å². The van der Waals surface area contributed by atoms with Crippen LogP contribution in [0.1, 0.15) is 38.3 Å². The Morgan fingerprint density at radius 1 is 1.09 bits per heavy atom. The Bertz CT molecular complexity index is 1140. The summed E-state index contributed by atoms with van der Waals surface area (Å²) in [5.41, 5.74) is 1.92. The molecule has 2 aromatic carbocycles. The van der Waals surface area contributed by atoms with E-state index < -0.39 is 28.5 Å². The fourth-order valence-electron chi connectivity index (χ4n) is 3.34. The smallest absolute Gasteiger partial charge is 0.244 e. The summed E-state index contributed by atoms with van der Waals surface area (Å²) in [5.74, 6) is -0.864. The second kappa shape index (κ2) is 11.9. The van der Waals surface area contributed by atoms with Crippen LogP contribution in [-0.4, -0.2) is 50.0 Å². The van der Waals surface area contributed by atoms with E-state index in [4.69, 9.17) is 23.2 Å². The standard InChI is InChI=1S/C24H31Cl2N3O4S/c1-6-17(3)27-24(31)18(4)28(14-19-10-7-9-16(2)13-19)22(30)15-29(34(5,32)33)21-12-8-11-20(25)23(21)26/h7-13,17-18H,6,14-15H2,1-5H3,(H,27,31)/t17-,18+/m1/s1. The highest BCUT2D eigenvalue weighted by Crippen LogP contribution is 2.33. The lowest BCUT2D eigenvalue weighted by Crippen LogP contribution is -2.52. The second-order valence-electron chi connectivity index (χ2n) is 8.35. The number of nitrogens with zero attached hydrogens (tertiary/aromatic N) is 2. The highest BCUT2D eigenvalue weighted by Gasteiger charge is 2.31. The number of amides is 2. The first-order chi connectivity index (χ1) is 15.8. The van der Waals surface area contributed by atoms with E-state index in [2.05, 4.69) is 5.32 Å². The Morgan fingerprint density at radius 2 is 1.74 bits per heavy atom. The van der Waals surface area contributed by atoms with Gasteiger partial charge in [-0.15, -0.1) is 0 Å². The molecular weight excluding hydrogens is 497 g/mol. The molecule has 0 saturated heterocycles. The molecule has 0 aliphatic rings. The van der Waals surface area contributed by atoms with Crippen LogP contribution in [0.4, 0.5) is 5.69 Å². The zero-order valence-corrected chi connectivity index (χ0v) is 22.3. The summed E-state index contributed by atoms with van der Waals surface area (Å²) in [6, 6.07) is 11.2. The summed E-state index contributed by atoms with van der Waals surface area (Å²) in [5, 5.41) is 3.08. The van der Waals surface area contributed by atoms with E-state index in [1.807, 2.05) is 45.0 Å². The molecule has 0 saturated carbocycles. The predicted molar refractivity (Wildman–Crippen MR) is 138 cm³/mol. The number of carbonyl (C=O) groups excluding carboxylic acids is 2. The lowest BCUT2D eigenvalue weighted by molar-refractivity contribution is -0.139. The molecule has 1 N–H and O–H groups in total. The molecule has 0 aliphatic carbocycles. The molecule has 0 heterocycles. The molecule has 2 amide bonds. The quantitative estimate of drug-likeness (QED) is 0.495. The van der Waals surface area contributed by atoms with Crippen molar-refractivity contribution in [2.24, 2.45) is 0 Å². The summed E-state index contributed by atoms with van der Waals surface area (Å²) in [7, 11) is -3.89. The van der Waals surface area contributed by atoms with E-state index in [-0.39, 0.29) is 34.2 Å². The number of carbonyl (C=O) groups is 2. The molecule has 0 radical (unpaired) electrons. The number of halogens is 2. The van der Waals surface area contributed by atoms with E-state index in [0.29, 0.717) is 0 Å². The first-order valence-corrected chi connectivity index (χ1v) is 13.5. The zero-order valence-electron chi connectivity index (χ0n) is 20.0. The van der Waals surface area contributed by atoms with Gasteiger partial charge in [0.2, 0.25) is 21.8 Å². The fourth-order valence-corrected chi connectivity index (χ4v) is 4.64. The normalized spacial score (nSPS) is 13.1. The summed E-state index contributed by atoms with van der Waals surface area (Å²) in [4.78, 5) is 27.8. The Hall–Kier alpha value is -2.29. The third-order valence-electron chi connectivity index (χ3n) is 5.48. The van der Waals surface area contributed by atoms with Crippen LogP contribution < -0.4 is 9.62 Å². The summed E-state index contributed by atoms with van der Waals surface area (Å²) >= 11 is 12.3. The van der Waals surface area contributed by atoms with Crippen molar-refractivity contribution in [2.45, 2.75) is 52.7 Å². The molecular formula is C24H31Cl2N3O4S. The van der Waals surface area contributed by atoms with Crippen LogP contribution in [0, 0.1) is 6.92 Å². The third-order valence-corrected chi connectivity index (χ3v) is 7.42. The van der Waals surface area contributed by atoms with E-state index >= 15 is 0 Å². The maximum Gasteiger partial charge on any atom is 0.244 e. The molecule has 7 nitrogen and oxygen atoms in total. The molecule has 0 unspecified atom stereocenters. The molecule has 186 valence electrons. The average Bonchev–Trinajstić information content (AvgIpc) is 2.76. The van der Waals surface area contributed by atoms with Crippen molar-refractivity contribution in [1.82, 2.24) is 10.2 Å². The minimum Gasteiger partial charge on any atom is -0.352 e. The lowest BCUT2D eigenvalue weighted by Gasteiger charge is -2.32. The van der Waals surface area contributed by atoms with Crippen LogP contribution in [0.25, 0.3) is 0 Å².